The van der Waals surface area contributed by atoms with Crippen LogP contribution in [0.3, 0.4) is 0 Å². The number of nitrogens with one attached hydrogen (secondary N) is 1. The van der Waals surface area contributed by atoms with Crippen molar-refractivity contribution >= 4 is 34.1 Å². The van der Waals surface area contributed by atoms with Gasteiger partial charge >= 0.3 is 0 Å². The second-order valence-corrected chi connectivity index (χ2v) is 8.41. The van der Waals surface area contributed by atoms with Crippen LogP contribution in [-0.4, -0.2) is 40.6 Å². The van der Waals surface area contributed by atoms with Gasteiger partial charge < -0.3 is 19.5 Å². The van der Waals surface area contributed by atoms with Crippen molar-refractivity contribution in [2.24, 2.45) is 0 Å². The third-order valence-electron chi connectivity index (χ3n) is 5.22. The van der Waals surface area contributed by atoms with E-state index < -0.39 is 0 Å². The molecule has 0 aliphatic heterocycles. The first-order valence-electron chi connectivity index (χ1n) is 10.9. The van der Waals surface area contributed by atoms with E-state index in [2.05, 4.69) is 22.1 Å². The van der Waals surface area contributed by atoms with Crippen LogP contribution in [0.5, 0.6) is 17.2 Å². The molecular formula is C26H26N4O4S. The van der Waals surface area contributed by atoms with Gasteiger partial charge in [0.15, 0.2) is 11.0 Å². The standard InChI is InChI=1S/C26H26N4O4S/c1-4-14-30-24(16-34-22-11-7-9-18-8-5-6-10-20(18)22)28-29-26(30)35-17-25(31)27-21-15-19(32-2)12-13-23(21)33-3/h4-13,15H,1,14,16-17H2,2-3H3,(H,27,31). The van der Waals surface area contributed by atoms with Gasteiger partial charge in [-0.1, -0.05) is 54.2 Å². The van der Waals surface area contributed by atoms with E-state index in [-0.39, 0.29) is 18.3 Å². The average Bonchev–Trinajstić information content (AvgIpc) is 3.27. The summed E-state index contributed by atoms with van der Waals surface area (Å²) in [6.07, 6.45) is 1.76. The zero-order chi connectivity index (χ0) is 24.6. The predicted octanol–water partition coefficient (Wildman–Crippen LogP) is 4.94. The van der Waals surface area contributed by atoms with Crippen LogP contribution in [0, 0.1) is 0 Å². The van der Waals surface area contributed by atoms with Crippen LogP contribution in [0.4, 0.5) is 5.69 Å². The lowest BCUT2D eigenvalue weighted by Crippen LogP contribution is -2.15. The van der Waals surface area contributed by atoms with Gasteiger partial charge in [0.1, 0.15) is 23.9 Å². The number of hydrogen-bond donors (Lipinski definition) is 1. The lowest BCUT2D eigenvalue weighted by molar-refractivity contribution is -0.113. The van der Waals surface area contributed by atoms with Crippen molar-refractivity contribution in [3.63, 3.8) is 0 Å². The second kappa shape index (κ2) is 11.4. The van der Waals surface area contributed by atoms with Crippen molar-refractivity contribution in [3.8, 4) is 17.2 Å². The summed E-state index contributed by atoms with van der Waals surface area (Å²) in [6, 6.07) is 19.2. The fourth-order valence-electron chi connectivity index (χ4n) is 3.54. The Kier molecular flexibility index (Phi) is 7.89. The van der Waals surface area contributed by atoms with Crippen molar-refractivity contribution in [2.45, 2.75) is 18.3 Å². The highest BCUT2D eigenvalue weighted by Gasteiger charge is 2.16. The summed E-state index contributed by atoms with van der Waals surface area (Å²) in [7, 11) is 3.11. The van der Waals surface area contributed by atoms with Crippen molar-refractivity contribution < 1.29 is 19.0 Å². The van der Waals surface area contributed by atoms with Crippen molar-refractivity contribution in [1.29, 1.82) is 0 Å². The highest BCUT2D eigenvalue weighted by Crippen LogP contribution is 2.30. The van der Waals surface area contributed by atoms with E-state index in [9.17, 15) is 4.79 Å². The molecular weight excluding hydrogens is 464 g/mol. The number of nitrogens with zero attached hydrogens (tertiary/aromatic N) is 3. The molecule has 1 amide bonds. The summed E-state index contributed by atoms with van der Waals surface area (Å²) in [5.41, 5.74) is 0.536. The molecule has 180 valence electrons. The molecule has 0 unspecified atom stereocenters. The molecule has 0 atom stereocenters. The van der Waals surface area contributed by atoms with Crippen LogP contribution >= 0.6 is 11.8 Å². The Bertz CT molecular complexity index is 1330. The molecule has 0 saturated carbocycles. The molecule has 8 nitrogen and oxygen atoms in total. The molecule has 3 aromatic carbocycles. The van der Waals surface area contributed by atoms with Crippen LogP contribution in [0.2, 0.25) is 0 Å². The minimum Gasteiger partial charge on any atom is -0.497 e. The lowest BCUT2D eigenvalue weighted by Gasteiger charge is -2.12. The number of hydrogen-bond acceptors (Lipinski definition) is 7. The molecule has 0 aliphatic rings. The summed E-state index contributed by atoms with van der Waals surface area (Å²) < 4.78 is 18.5. The van der Waals surface area contributed by atoms with Gasteiger partial charge in [0.2, 0.25) is 5.91 Å². The van der Waals surface area contributed by atoms with Crippen LogP contribution in [0.15, 0.2) is 78.5 Å². The summed E-state index contributed by atoms with van der Waals surface area (Å²) in [6.45, 7) is 4.57. The Morgan fingerprint density at radius 3 is 2.69 bits per heavy atom. The van der Waals surface area contributed by atoms with Gasteiger partial charge in [0, 0.05) is 18.0 Å². The molecule has 0 spiro atoms. The summed E-state index contributed by atoms with van der Waals surface area (Å²) in [4.78, 5) is 12.6. The molecule has 1 heterocycles. The minimum atomic E-state index is -0.205. The third-order valence-corrected chi connectivity index (χ3v) is 6.19. The average molecular weight is 491 g/mol. The van der Waals surface area contributed by atoms with E-state index in [1.165, 1.54) is 11.8 Å². The first kappa shape index (κ1) is 24.2. The van der Waals surface area contributed by atoms with E-state index in [4.69, 9.17) is 14.2 Å². The molecule has 4 rings (SSSR count). The number of rotatable bonds is 11. The molecule has 0 saturated heterocycles. The van der Waals surface area contributed by atoms with E-state index in [0.717, 1.165) is 16.5 Å². The first-order valence-corrected chi connectivity index (χ1v) is 11.9. The Balaban J connectivity index is 1.43. The molecule has 1 aromatic heterocycles. The van der Waals surface area contributed by atoms with E-state index in [1.807, 2.05) is 47.0 Å². The fraction of sp³-hybridized carbons (Fsp3) is 0.192. The monoisotopic (exact) mass is 490 g/mol. The molecule has 35 heavy (non-hydrogen) atoms. The minimum absolute atomic E-state index is 0.139. The van der Waals surface area contributed by atoms with Gasteiger partial charge in [0.25, 0.3) is 0 Å². The van der Waals surface area contributed by atoms with E-state index in [1.54, 1.807) is 38.5 Å². The highest BCUT2D eigenvalue weighted by atomic mass is 32.2. The lowest BCUT2D eigenvalue weighted by atomic mass is 10.1. The van der Waals surface area contributed by atoms with Gasteiger partial charge in [-0.15, -0.1) is 16.8 Å². The Hall–Kier alpha value is -3.98. The second-order valence-electron chi connectivity index (χ2n) is 7.47. The number of fused-ring (bicyclic) bond motifs is 1. The summed E-state index contributed by atoms with van der Waals surface area (Å²) in [5, 5.41) is 14.2. The topological polar surface area (TPSA) is 87.5 Å². The number of amides is 1. The number of benzene rings is 3. The maximum atomic E-state index is 12.6. The molecule has 0 aliphatic carbocycles. The van der Waals surface area contributed by atoms with Crippen LogP contribution < -0.4 is 19.5 Å². The smallest absolute Gasteiger partial charge is 0.234 e. The highest BCUT2D eigenvalue weighted by molar-refractivity contribution is 7.99. The van der Waals surface area contributed by atoms with Crippen LogP contribution in [0.25, 0.3) is 10.8 Å². The van der Waals surface area contributed by atoms with E-state index in [0.29, 0.717) is 34.7 Å². The van der Waals surface area contributed by atoms with Gasteiger partial charge in [0.05, 0.1) is 25.7 Å². The summed E-state index contributed by atoms with van der Waals surface area (Å²) >= 11 is 1.28. The van der Waals surface area contributed by atoms with Gasteiger partial charge in [-0.05, 0) is 23.6 Å². The Morgan fingerprint density at radius 2 is 1.89 bits per heavy atom. The first-order chi connectivity index (χ1) is 17.1. The maximum absolute atomic E-state index is 12.6. The van der Waals surface area contributed by atoms with Crippen LogP contribution in [0.1, 0.15) is 5.82 Å². The number of methoxy groups -OCH3 is 2. The number of carbonyl (C=O) groups is 1. The normalized spacial score (nSPS) is 10.7. The molecule has 0 bridgehead atoms. The molecule has 0 fully saturated rings. The third kappa shape index (κ3) is 5.75. The SMILES string of the molecule is C=CCn1c(COc2cccc3ccccc23)nnc1SCC(=O)Nc1cc(OC)ccc1OC. The molecule has 0 radical (unpaired) electrons. The molecule has 9 heteroatoms. The van der Waals surface area contributed by atoms with Crippen LogP contribution in [-0.2, 0) is 17.9 Å². The van der Waals surface area contributed by atoms with Gasteiger partial charge in [-0.25, -0.2) is 0 Å². The Morgan fingerprint density at radius 1 is 1.06 bits per heavy atom. The van der Waals surface area contributed by atoms with Crippen molar-refractivity contribution in [1.82, 2.24) is 14.8 Å². The molecule has 4 aromatic rings. The number of aromatic nitrogens is 3. The quantitative estimate of drug-likeness (QED) is 0.235. The van der Waals surface area contributed by atoms with Gasteiger partial charge in [-0.2, -0.15) is 0 Å². The zero-order valence-electron chi connectivity index (χ0n) is 19.6. The van der Waals surface area contributed by atoms with Crippen molar-refractivity contribution in [3.05, 3.63) is 79.1 Å². The number of carbonyl (C=O) groups excluding carboxylic acids is 1. The largest absolute Gasteiger partial charge is 0.497 e. The number of anilines is 1. The maximum Gasteiger partial charge on any atom is 0.234 e. The summed E-state index contributed by atoms with van der Waals surface area (Å²) in [5.74, 6) is 2.53. The molecule has 1 N–H and O–H groups in total. The number of thioether (sulfide) groups is 1. The van der Waals surface area contributed by atoms with E-state index >= 15 is 0 Å². The Labute approximate surface area is 207 Å². The zero-order valence-corrected chi connectivity index (χ0v) is 20.4. The predicted molar refractivity (Wildman–Crippen MR) is 137 cm³/mol. The van der Waals surface area contributed by atoms with Gasteiger partial charge in [-0.3, -0.25) is 9.36 Å². The fourth-order valence-corrected chi connectivity index (χ4v) is 4.30. The number of ether oxygens (including phenoxy) is 3. The van der Waals surface area contributed by atoms with Crippen molar-refractivity contribution in [2.75, 3.05) is 25.3 Å². The number of allylic oxidation sites excluding steroid dienone is 1.